The van der Waals surface area contributed by atoms with Crippen LogP contribution in [0.1, 0.15) is 0 Å². The summed E-state index contributed by atoms with van der Waals surface area (Å²) in [6, 6.07) is 3.43. The molecule has 0 radical (unpaired) electrons. The lowest BCUT2D eigenvalue weighted by molar-refractivity contribution is -0.124. The maximum Gasteiger partial charge on any atom is 0.324 e. The van der Waals surface area contributed by atoms with Gasteiger partial charge in [0.2, 0.25) is 5.91 Å². The Kier molecular flexibility index (Phi) is 3.70. The summed E-state index contributed by atoms with van der Waals surface area (Å²) < 4.78 is 5.45. The van der Waals surface area contributed by atoms with Crippen molar-refractivity contribution < 1.29 is 14.0 Å². The van der Waals surface area contributed by atoms with Crippen LogP contribution in [-0.2, 0) is 4.79 Å². The predicted molar refractivity (Wildman–Crippen MR) is 73.4 cm³/mol. The second kappa shape index (κ2) is 5.63. The van der Waals surface area contributed by atoms with Crippen LogP contribution in [0.15, 0.2) is 27.2 Å². The summed E-state index contributed by atoms with van der Waals surface area (Å²) >= 11 is 2.63. The van der Waals surface area contributed by atoms with Crippen LogP contribution in [0.5, 0.6) is 0 Å². The molecule has 2 aromatic rings. The van der Waals surface area contributed by atoms with Crippen LogP contribution >= 0.6 is 23.1 Å². The maximum absolute atomic E-state index is 11.8. The van der Waals surface area contributed by atoms with Crippen LogP contribution < -0.4 is 5.32 Å². The molecule has 1 aliphatic rings. The number of thioether (sulfide) groups is 1. The lowest BCUT2D eigenvalue weighted by Gasteiger charge is -2.10. The van der Waals surface area contributed by atoms with Gasteiger partial charge in [-0.25, -0.2) is 4.79 Å². The first-order chi connectivity index (χ1) is 9.74. The first-order valence-electron chi connectivity index (χ1n) is 5.82. The van der Waals surface area contributed by atoms with E-state index in [0.29, 0.717) is 24.2 Å². The highest BCUT2D eigenvalue weighted by Crippen LogP contribution is 2.26. The molecule has 2 aromatic heterocycles. The number of imide groups is 1. The van der Waals surface area contributed by atoms with E-state index in [9.17, 15) is 9.59 Å². The third-order valence-corrected chi connectivity index (χ3v) is 4.28. The Morgan fingerprint density at radius 2 is 2.45 bits per heavy atom. The number of aromatic nitrogens is 2. The standard InChI is InChI=1S/C11H10N4O3S2/c16-8(15-4-3-12-10(15)17)6-20-11-14-13-9(18-11)7-2-1-5-19-7/h1-2,5H,3-4,6H2,(H,12,17). The smallest absolute Gasteiger partial charge is 0.324 e. The van der Waals surface area contributed by atoms with Crippen molar-refractivity contribution in [2.75, 3.05) is 18.8 Å². The van der Waals surface area contributed by atoms with E-state index in [2.05, 4.69) is 15.5 Å². The minimum absolute atomic E-state index is 0.0967. The summed E-state index contributed by atoms with van der Waals surface area (Å²) in [4.78, 5) is 25.2. The molecule has 0 aliphatic carbocycles. The molecule has 0 bridgehead atoms. The van der Waals surface area contributed by atoms with Crippen molar-refractivity contribution in [1.82, 2.24) is 20.4 Å². The molecule has 0 unspecified atom stereocenters. The average Bonchev–Trinajstić information content (AvgIpc) is 3.16. The average molecular weight is 310 g/mol. The zero-order valence-electron chi connectivity index (χ0n) is 10.2. The lowest BCUT2D eigenvalue weighted by atomic mass is 10.5. The number of hydrogen-bond donors (Lipinski definition) is 1. The summed E-state index contributed by atoms with van der Waals surface area (Å²) in [6.45, 7) is 0.904. The number of nitrogens with one attached hydrogen (secondary N) is 1. The van der Waals surface area contributed by atoms with Gasteiger partial charge in [-0.3, -0.25) is 9.69 Å². The van der Waals surface area contributed by atoms with E-state index < -0.39 is 0 Å². The normalized spacial score (nSPS) is 14.6. The van der Waals surface area contributed by atoms with E-state index in [4.69, 9.17) is 4.42 Å². The Hall–Kier alpha value is -1.87. The summed E-state index contributed by atoms with van der Waals surface area (Å²) in [6.07, 6.45) is 0. The molecule has 1 saturated heterocycles. The molecule has 1 fully saturated rings. The van der Waals surface area contributed by atoms with Crippen LogP contribution in [0.2, 0.25) is 0 Å². The number of nitrogens with zero attached hydrogens (tertiary/aromatic N) is 3. The number of thiophene rings is 1. The number of carbonyl (C=O) groups is 2. The summed E-state index contributed by atoms with van der Waals surface area (Å²) in [5.74, 6) is 0.272. The minimum atomic E-state index is -0.347. The quantitative estimate of drug-likeness (QED) is 0.860. The second-order valence-corrected chi connectivity index (χ2v) is 5.79. The van der Waals surface area contributed by atoms with Crippen molar-refractivity contribution in [2.45, 2.75) is 5.22 Å². The molecule has 3 amide bonds. The van der Waals surface area contributed by atoms with E-state index >= 15 is 0 Å². The number of hydrogen-bond acceptors (Lipinski definition) is 7. The Balaban J connectivity index is 1.59. The first kappa shape index (κ1) is 13.1. The van der Waals surface area contributed by atoms with Crippen molar-refractivity contribution in [3.63, 3.8) is 0 Å². The van der Waals surface area contributed by atoms with E-state index in [0.717, 1.165) is 16.6 Å². The van der Waals surface area contributed by atoms with Gasteiger partial charge in [-0.1, -0.05) is 17.8 Å². The van der Waals surface area contributed by atoms with Gasteiger partial charge in [0.15, 0.2) is 0 Å². The highest BCUT2D eigenvalue weighted by molar-refractivity contribution is 7.99. The molecule has 7 nitrogen and oxygen atoms in total. The van der Waals surface area contributed by atoms with Gasteiger partial charge in [-0.05, 0) is 11.4 Å². The molecule has 20 heavy (non-hydrogen) atoms. The van der Waals surface area contributed by atoms with Gasteiger partial charge in [0.05, 0.1) is 10.6 Å². The van der Waals surface area contributed by atoms with Gasteiger partial charge in [0, 0.05) is 13.1 Å². The molecule has 0 saturated carbocycles. The van der Waals surface area contributed by atoms with Gasteiger partial charge in [0.25, 0.3) is 11.1 Å². The van der Waals surface area contributed by atoms with Gasteiger partial charge in [0.1, 0.15) is 0 Å². The molecule has 0 aromatic carbocycles. The third-order valence-electron chi connectivity index (χ3n) is 2.62. The molecule has 1 aliphatic heterocycles. The highest BCUT2D eigenvalue weighted by Gasteiger charge is 2.26. The van der Waals surface area contributed by atoms with E-state index in [1.807, 2.05) is 17.5 Å². The predicted octanol–water partition coefficient (Wildman–Crippen LogP) is 1.44. The van der Waals surface area contributed by atoms with Crippen LogP contribution in [0.4, 0.5) is 4.79 Å². The summed E-state index contributed by atoms with van der Waals surface area (Å²) in [5.41, 5.74) is 0. The van der Waals surface area contributed by atoms with Crippen molar-refractivity contribution in [3.05, 3.63) is 17.5 Å². The van der Waals surface area contributed by atoms with Crippen LogP contribution in [0.3, 0.4) is 0 Å². The molecule has 9 heteroatoms. The minimum Gasteiger partial charge on any atom is -0.410 e. The van der Waals surface area contributed by atoms with E-state index in [1.165, 1.54) is 16.2 Å². The Morgan fingerprint density at radius 3 is 3.15 bits per heavy atom. The zero-order chi connectivity index (χ0) is 13.9. The number of urea groups is 1. The first-order valence-corrected chi connectivity index (χ1v) is 7.69. The van der Waals surface area contributed by atoms with Crippen LogP contribution in [0.25, 0.3) is 10.8 Å². The molecular formula is C11H10N4O3S2. The maximum atomic E-state index is 11.8. The number of carbonyl (C=O) groups excluding carboxylic acids is 2. The zero-order valence-corrected chi connectivity index (χ0v) is 11.9. The molecular weight excluding hydrogens is 300 g/mol. The van der Waals surface area contributed by atoms with Gasteiger partial charge in [-0.2, -0.15) is 0 Å². The monoisotopic (exact) mass is 310 g/mol. The van der Waals surface area contributed by atoms with Crippen molar-refractivity contribution >= 4 is 35.0 Å². The molecule has 1 N–H and O–H groups in total. The molecule has 3 heterocycles. The Labute approximate surface area is 122 Å². The number of amides is 3. The fourth-order valence-corrected chi connectivity index (χ4v) is 2.96. The Morgan fingerprint density at radius 1 is 1.55 bits per heavy atom. The largest absolute Gasteiger partial charge is 0.410 e. The number of rotatable bonds is 4. The van der Waals surface area contributed by atoms with Crippen molar-refractivity contribution in [1.29, 1.82) is 0 Å². The van der Waals surface area contributed by atoms with Crippen LogP contribution in [0, 0.1) is 0 Å². The summed E-state index contributed by atoms with van der Waals surface area (Å²) in [7, 11) is 0. The van der Waals surface area contributed by atoms with Gasteiger partial charge in [-0.15, -0.1) is 21.5 Å². The Bertz CT molecular complexity index is 625. The third kappa shape index (κ3) is 2.68. The fraction of sp³-hybridized carbons (Fsp3) is 0.273. The van der Waals surface area contributed by atoms with Gasteiger partial charge >= 0.3 is 6.03 Å². The highest BCUT2D eigenvalue weighted by atomic mass is 32.2. The SMILES string of the molecule is O=C(CSc1nnc(-c2cccs2)o1)N1CCNC1=O. The fourth-order valence-electron chi connectivity index (χ4n) is 1.68. The second-order valence-electron chi connectivity index (χ2n) is 3.92. The van der Waals surface area contributed by atoms with Crippen LogP contribution in [-0.4, -0.2) is 45.9 Å². The topological polar surface area (TPSA) is 88.3 Å². The molecule has 104 valence electrons. The summed E-state index contributed by atoms with van der Waals surface area (Å²) in [5, 5.41) is 12.6. The van der Waals surface area contributed by atoms with Crippen molar-refractivity contribution in [3.8, 4) is 10.8 Å². The van der Waals surface area contributed by atoms with E-state index in [1.54, 1.807) is 0 Å². The van der Waals surface area contributed by atoms with Crippen molar-refractivity contribution in [2.24, 2.45) is 0 Å². The lowest BCUT2D eigenvalue weighted by Crippen LogP contribution is -2.35. The van der Waals surface area contributed by atoms with E-state index in [-0.39, 0.29) is 17.7 Å². The molecule has 3 rings (SSSR count). The molecule has 0 atom stereocenters. The molecule has 0 spiro atoms. The van der Waals surface area contributed by atoms with Gasteiger partial charge < -0.3 is 9.73 Å².